The molecule has 0 atom stereocenters. The molecule has 1 fully saturated rings. The third kappa shape index (κ3) is 3.37. The summed E-state index contributed by atoms with van der Waals surface area (Å²) in [6, 6.07) is 3.03. The predicted octanol–water partition coefficient (Wildman–Crippen LogP) is 4.75. The average Bonchev–Trinajstić information content (AvgIpc) is 2.45. The number of hydrogen-bond acceptors (Lipinski definition) is 2. The van der Waals surface area contributed by atoms with Crippen LogP contribution in [0.25, 0.3) is 0 Å². The van der Waals surface area contributed by atoms with Crippen LogP contribution in [0, 0.1) is 17.6 Å². The topological polar surface area (TPSA) is 18.5 Å². The summed E-state index contributed by atoms with van der Waals surface area (Å²) in [5.74, 6) is -1.25. The third-order valence-corrected chi connectivity index (χ3v) is 3.87. The summed E-state index contributed by atoms with van der Waals surface area (Å²) in [7, 11) is 0. The number of halogens is 2. The lowest BCUT2D eigenvalue weighted by Crippen LogP contribution is -2.13. The zero-order chi connectivity index (χ0) is 14.5. The second-order valence-electron chi connectivity index (χ2n) is 5.39. The van der Waals surface area contributed by atoms with Crippen molar-refractivity contribution in [2.45, 2.75) is 38.5 Å². The largest absolute Gasteiger partial charge is 0.334 e. The van der Waals surface area contributed by atoms with E-state index in [1.807, 2.05) is 0 Å². The van der Waals surface area contributed by atoms with Crippen LogP contribution in [0.3, 0.4) is 0 Å². The van der Waals surface area contributed by atoms with E-state index in [0.717, 1.165) is 25.7 Å². The van der Waals surface area contributed by atoms with Crippen molar-refractivity contribution in [2.75, 3.05) is 6.61 Å². The molecule has 1 aromatic carbocycles. The Bertz CT molecular complexity index is 466. The molecule has 20 heavy (non-hydrogen) atoms. The maximum atomic E-state index is 14.1. The minimum absolute atomic E-state index is 0.101. The maximum absolute atomic E-state index is 14.1. The minimum Gasteiger partial charge on any atom is -0.334 e. The molecule has 1 aliphatic rings. The first-order chi connectivity index (χ1) is 9.63. The molecule has 0 amide bonds. The fourth-order valence-electron chi connectivity index (χ4n) is 2.64. The van der Waals surface area contributed by atoms with Crippen molar-refractivity contribution in [3.63, 3.8) is 0 Å². The molecule has 2 nitrogen and oxygen atoms in total. The summed E-state index contributed by atoms with van der Waals surface area (Å²) in [5, 5.41) is 0. The Morgan fingerprint density at radius 1 is 1.20 bits per heavy atom. The van der Waals surface area contributed by atoms with E-state index in [1.165, 1.54) is 12.1 Å². The molecule has 0 bridgehead atoms. The van der Waals surface area contributed by atoms with E-state index in [4.69, 9.17) is 4.89 Å². The summed E-state index contributed by atoms with van der Waals surface area (Å²) in [6.07, 6.45) is 5.40. The van der Waals surface area contributed by atoms with Crippen LogP contribution in [0.15, 0.2) is 24.8 Å². The maximum Gasteiger partial charge on any atom is 0.205 e. The van der Waals surface area contributed by atoms with Gasteiger partial charge in [-0.25, -0.2) is 4.39 Å². The van der Waals surface area contributed by atoms with Gasteiger partial charge in [0.05, 0.1) is 0 Å². The Kier molecular flexibility index (Phi) is 5.12. The molecule has 2 rings (SSSR count). The molecule has 0 N–H and O–H groups in total. The van der Waals surface area contributed by atoms with Crippen LogP contribution in [-0.4, -0.2) is 6.61 Å². The van der Waals surface area contributed by atoms with Crippen LogP contribution in [0.5, 0.6) is 5.75 Å². The Hall–Kier alpha value is -1.42. The number of rotatable bonds is 5. The molecular formula is C16H20F2O2. The Labute approximate surface area is 118 Å². The van der Waals surface area contributed by atoms with Crippen molar-refractivity contribution in [1.82, 2.24) is 0 Å². The SMILES string of the molecule is C=CCOOc1ccc(C2CCC(C)CC2)c(F)c1F. The van der Waals surface area contributed by atoms with Crippen molar-refractivity contribution in [1.29, 1.82) is 0 Å². The normalized spacial score (nSPS) is 22.6. The summed E-state index contributed by atoms with van der Waals surface area (Å²) in [4.78, 5) is 9.41. The van der Waals surface area contributed by atoms with E-state index in [1.54, 1.807) is 6.07 Å². The fraction of sp³-hybridized carbons (Fsp3) is 0.500. The van der Waals surface area contributed by atoms with E-state index in [9.17, 15) is 8.78 Å². The molecule has 0 aliphatic heterocycles. The molecule has 1 aromatic rings. The van der Waals surface area contributed by atoms with Crippen LogP contribution >= 0.6 is 0 Å². The lowest BCUT2D eigenvalue weighted by Gasteiger charge is -2.26. The summed E-state index contributed by atoms with van der Waals surface area (Å²) in [5.41, 5.74) is 0.450. The van der Waals surface area contributed by atoms with Gasteiger partial charge < -0.3 is 4.89 Å². The molecule has 0 aromatic heterocycles. The Balaban J connectivity index is 2.11. The molecule has 0 spiro atoms. The van der Waals surface area contributed by atoms with Gasteiger partial charge in [-0.2, -0.15) is 9.28 Å². The van der Waals surface area contributed by atoms with Crippen LogP contribution in [0.4, 0.5) is 8.78 Å². The van der Waals surface area contributed by atoms with Gasteiger partial charge >= 0.3 is 0 Å². The minimum atomic E-state index is -0.981. The highest BCUT2D eigenvalue weighted by Crippen LogP contribution is 2.38. The van der Waals surface area contributed by atoms with Gasteiger partial charge in [-0.3, -0.25) is 0 Å². The van der Waals surface area contributed by atoms with Gasteiger partial charge in [-0.1, -0.05) is 31.9 Å². The van der Waals surface area contributed by atoms with Gasteiger partial charge in [0, 0.05) is 0 Å². The van der Waals surface area contributed by atoms with E-state index >= 15 is 0 Å². The van der Waals surface area contributed by atoms with Gasteiger partial charge in [-0.15, -0.1) is 6.58 Å². The Morgan fingerprint density at radius 2 is 1.90 bits per heavy atom. The molecule has 0 unspecified atom stereocenters. The zero-order valence-corrected chi connectivity index (χ0v) is 11.7. The summed E-state index contributed by atoms with van der Waals surface area (Å²) in [6.45, 7) is 5.75. The molecule has 0 saturated heterocycles. The van der Waals surface area contributed by atoms with Crippen LogP contribution in [0.1, 0.15) is 44.1 Å². The molecule has 4 heteroatoms. The van der Waals surface area contributed by atoms with Gasteiger partial charge in [0.2, 0.25) is 11.6 Å². The summed E-state index contributed by atoms with van der Waals surface area (Å²) < 4.78 is 28.0. The molecule has 0 heterocycles. The van der Waals surface area contributed by atoms with Gasteiger partial charge in [0.1, 0.15) is 6.61 Å². The standard InChI is InChI=1S/C16H20F2O2/c1-3-10-19-20-14-9-8-13(15(17)16(14)18)12-6-4-11(2)5-7-12/h3,8-9,11-12H,1,4-7,10H2,2H3. The second kappa shape index (κ2) is 6.84. The molecule has 0 radical (unpaired) electrons. The zero-order valence-electron chi connectivity index (χ0n) is 11.7. The monoisotopic (exact) mass is 282 g/mol. The number of hydrogen-bond donors (Lipinski definition) is 0. The highest BCUT2D eigenvalue weighted by Gasteiger charge is 2.25. The van der Waals surface area contributed by atoms with Crippen molar-refractivity contribution >= 4 is 0 Å². The van der Waals surface area contributed by atoms with Crippen molar-refractivity contribution < 1.29 is 18.6 Å². The van der Waals surface area contributed by atoms with Crippen molar-refractivity contribution in [3.05, 3.63) is 42.0 Å². The lowest BCUT2D eigenvalue weighted by atomic mass is 9.79. The smallest absolute Gasteiger partial charge is 0.205 e. The third-order valence-electron chi connectivity index (χ3n) is 3.87. The van der Waals surface area contributed by atoms with Gasteiger partial charge in [0.15, 0.2) is 5.82 Å². The Morgan fingerprint density at radius 3 is 2.55 bits per heavy atom. The lowest BCUT2D eigenvalue weighted by molar-refractivity contribution is -0.198. The highest BCUT2D eigenvalue weighted by molar-refractivity contribution is 5.33. The second-order valence-corrected chi connectivity index (χ2v) is 5.39. The highest BCUT2D eigenvalue weighted by atomic mass is 19.2. The first-order valence-corrected chi connectivity index (χ1v) is 7.01. The van der Waals surface area contributed by atoms with Gasteiger partial charge in [-0.05, 0) is 36.3 Å². The molecule has 110 valence electrons. The van der Waals surface area contributed by atoms with Crippen molar-refractivity contribution in [2.24, 2.45) is 5.92 Å². The molecule has 1 aliphatic carbocycles. The number of benzene rings is 1. The van der Waals surface area contributed by atoms with E-state index < -0.39 is 11.6 Å². The van der Waals surface area contributed by atoms with Crippen molar-refractivity contribution in [3.8, 4) is 5.75 Å². The van der Waals surface area contributed by atoms with Crippen LogP contribution in [-0.2, 0) is 4.89 Å². The fourth-order valence-corrected chi connectivity index (χ4v) is 2.64. The van der Waals surface area contributed by atoms with Crippen LogP contribution < -0.4 is 4.89 Å². The first-order valence-electron chi connectivity index (χ1n) is 7.01. The van der Waals surface area contributed by atoms with Gasteiger partial charge in [0.25, 0.3) is 0 Å². The first kappa shape index (κ1) is 15.0. The predicted molar refractivity (Wildman–Crippen MR) is 73.5 cm³/mol. The quantitative estimate of drug-likeness (QED) is 0.336. The van der Waals surface area contributed by atoms with Crippen LogP contribution in [0.2, 0.25) is 0 Å². The molecular weight excluding hydrogens is 262 g/mol. The molecule has 1 saturated carbocycles. The van der Waals surface area contributed by atoms with E-state index in [-0.39, 0.29) is 18.3 Å². The van der Waals surface area contributed by atoms with E-state index in [2.05, 4.69) is 18.4 Å². The average molecular weight is 282 g/mol. The summed E-state index contributed by atoms with van der Waals surface area (Å²) >= 11 is 0. The van der Waals surface area contributed by atoms with E-state index in [0.29, 0.717) is 11.5 Å².